The van der Waals surface area contributed by atoms with Crippen LogP contribution in [-0.4, -0.2) is 15.7 Å². The number of benzene rings is 1. The molecule has 19 heavy (non-hydrogen) atoms. The number of aromatic nitrogens is 2. The summed E-state index contributed by atoms with van der Waals surface area (Å²) in [7, 11) is 1.77. The first-order valence-corrected chi connectivity index (χ1v) is 6.16. The van der Waals surface area contributed by atoms with E-state index in [1.807, 2.05) is 0 Å². The molecule has 1 aliphatic carbocycles. The first-order valence-electron chi connectivity index (χ1n) is 6.16. The zero-order valence-corrected chi connectivity index (χ0v) is 10.6. The van der Waals surface area contributed by atoms with E-state index in [9.17, 15) is 9.18 Å². The predicted molar refractivity (Wildman–Crippen MR) is 68.0 cm³/mol. The SMILES string of the molecule is Cn1cc(C(=O)NC2(c3ccc(F)cc3)CC2)cn1. The molecule has 0 saturated heterocycles. The first kappa shape index (κ1) is 11.9. The number of carbonyl (C=O) groups is 1. The zero-order valence-electron chi connectivity index (χ0n) is 10.6. The quantitative estimate of drug-likeness (QED) is 0.916. The van der Waals surface area contributed by atoms with Crippen molar-refractivity contribution in [1.82, 2.24) is 15.1 Å². The van der Waals surface area contributed by atoms with Gasteiger partial charge in [0.25, 0.3) is 5.91 Å². The van der Waals surface area contributed by atoms with Gasteiger partial charge >= 0.3 is 0 Å². The fraction of sp³-hybridized carbons (Fsp3) is 0.286. The number of aryl methyl sites for hydroxylation is 1. The fourth-order valence-corrected chi connectivity index (χ4v) is 2.21. The lowest BCUT2D eigenvalue weighted by Gasteiger charge is -2.17. The summed E-state index contributed by atoms with van der Waals surface area (Å²) in [5.74, 6) is -0.409. The molecule has 1 heterocycles. The van der Waals surface area contributed by atoms with Crippen LogP contribution in [0.3, 0.4) is 0 Å². The Morgan fingerprint density at radius 1 is 1.37 bits per heavy atom. The number of carbonyl (C=O) groups excluding carboxylic acids is 1. The molecular formula is C14H14FN3O. The summed E-state index contributed by atoms with van der Waals surface area (Å²) in [5, 5.41) is 7.00. The van der Waals surface area contributed by atoms with E-state index in [0.29, 0.717) is 5.56 Å². The zero-order chi connectivity index (χ0) is 13.5. The minimum atomic E-state index is -0.333. The summed E-state index contributed by atoms with van der Waals surface area (Å²) >= 11 is 0. The summed E-state index contributed by atoms with van der Waals surface area (Å²) in [6.07, 6.45) is 4.97. The Labute approximate surface area is 110 Å². The normalized spacial score (nSPS) is 16.1. The molecule has 2 aromatic rings. The smallest absolute Gasteiger partial charge is 0.255 e. The first-order chi connectivity index (χ1) is 9.09. The van der Waals surface area contributed by atoms with Crippen molar-refractivity contribution >= 4 is 5.91 Å². The average molecular weight is 259 g/mol. The number of halogens is 1. The van der Waals surface area contributed by atoms with E-state index in [-0.39, 0.29) is 17.3 Å². The third kappa shape index (κ3) is 2.23. The fourth-order valence-electron chi connectivity index (χ4n) is 2.21. The van der Waals surface area contributed by atoms with Gasteiger partial charge in [0.05, 0.1) is 17.3 Å². The van der Waals surface area contributed by atoms with Crippen molar-refractivity contribution in [2.75, 3.05) is 0 Å². The van der Waals surface area contributed by atoms with Gasteiger partial charge in [-0.3, -0.25) is 9.48 Å². The molecule has 0 bridgehead atoms. The standard InChI is InChI=1S/C14H14FN3O/c1-18-9-10(8-16-18)13(19)17-14(6-7-14)11-2-4-12(15)5-3-11/h2-5,8-9H,6-7H2,1H3,(H,17,19). The Kier molecular flexibility index (Phi) is 2.62. The van der Waals surface area contributed by atoms with E-state index in [1.54, 1.807) is 30.1 Å². The third-order valence-corrected chi connectivity index (χ3v) is 3.47. The second kappa shape index (κ2) is 4.19. The van der Waals surface area contributed by atoms with Gasteiger partial charge in [-0.15, -0.1) is 0 Å². The third-order valence-electron chi connectivity index (χ3n) is 3.47. The highest BCUT2D eigenvalue weighted by atomic mass is 19.1. The second-order valence-electron chi connectivity index (χ2n) is 4.95. The van der Waals surface area contributed by atoms with Crippen LogP contribution in [0.2, 0.25) is 0 Å². The van der Waals surface area contributed by atoms with Crippen molar-refractivity contribution in [3.8, 4) is 0 Å². The van der Waals surface area contributed by atoms with Gasteiger partial charge in [-0.05, 0) is 30.5 Å². The van der Waals surface area contributed by atoms with Gasteiger partial charge in [0.1, 0.15) is 5.82 Å². The van der Waals surface area contributed by atoms with Crippen molar-refractivity contribution in [1.29, 1.82) is 0 Å². The minimum absolute atomic E-state index is 0.144. The molecule has 1 aromatic carbocycles. The van der Waals surface area contributed by atoms with E-state index >= 15 is 0 Å². The maximum absolute atomic E-state index is 12.9. The van der Waals surface area contributed by atoms with Crippen LogP contribution in [0.25, 0.3) is 0 Å². The van der Waals surface area contributed by atoms with Gasteiger partial charge in [0.2, 0.25) is 0 Å². The topological polar surface area (TPSA) is 46.9 Å². The molecule has 1 aromatic heterocycles. The summed E-state index contributed by atoms with van der Waals surface area (Å²) < 4.78 is 14.5. The van der Waals surface area contributed by atoms with Crippen molar-refractivity contribution < 1.29 is 9.18 Å². The maximum atomic E-state index is 12.9. The maximum Gasteiger partial charge on any atom is 0.255 e. The molecule has 1 N–H and O–H groups in total. The largest absolute Gasteiger partial charge is 0.342 e. The van der Waals surface area contributed by atoms with Crippen LogP contribution in [0.15, 0.2) is 36.7 Å². The highest BCUT2D eigenvalue weighted by Crippen LogP contribution is 2.45. The molecule has 0 atom stereocenters. The molecule has 0 unspecified atom stereocenters. The molecule has 0 radical (unpaired) electrons. The molecule has 4 nitrogen and oxygen atoms in total. The Bertz CT molecular complexity index is 614. The van der Waals surface area contributed by atoms with Crippen LogP contribution in [0.5, 0.6) is 0 Å². The minimum Gasteiger partial charge on any atom is -0.342 e. The van der Waals surface area contributed by atoms with Gasteiger partial charge in [-0.1, -0.05) is 12.1 Å². The lowest BCUT2D eigenvalue weighted by molar-refractivity contribution is 0.0930. The van der Waals surface area contributed by atoms with Crippen LogP contribution < -0.4 is 5.32 Å². The Morgan fingerprint density at radius 2 is 2.05 bits per heavy atom. The van der Waals surface area contributed by atoms with Crippen molar-refractivity contribution in [3.05, 3.63) is 53.6 Å². The summed E-state index contributed by atoms with van der Waals surface area (Å²) in [4.78, 5) is 12.1. The number of hydrogen-bond acceptors (Lipinski definition) is 2. The van der Waals surface area contributed by atoms with Gasteiger partial charge in [0, 0.05) is 13.2 Å². The number of rotatable bonds is 3. The summed E-state index contributed by atoms with van der Waals surface area (Å²) in [6.45, 7) is 0. The highest BCUT2D eigenvalue weighted by molar-refractivity contribution is 5.94. The Morgan fingerprint density at radius 3 is 2.58 bits per heavy atom. The van der Waals surface area contributed by atoms with E-state index in [1.165, 1.54) is 18.3 Å². The predicted octanol–water partition coefficient (Wildman–Crippen LogP) is 1.98. The molecule has 1 amide bonds. The van der Waals surface area contributed by atoms with E-state index in [0.717, 1.165) is 18.4 Å². The molecule has 0 aliphatic heterocycles. The lowest BCUT2D eigenvalue weighted by atomic mass is 10.0. The Hall–Kier alpha value is -2.17. The van der Waals surface area contributed by atoms with Crippen LogP contribution >= 0.6 is 0 Å². The monoisotopic (exact) mass is 259 g/mol. The van der Waals surface area contributed by atoms with E-state index in [4.69, 9.17) is 0 Å². The molecule has 5 heteroatoms. The average Bonchev–Trinajstić information content (AvgIpc) is 3.03. The molecule has 0 spiro atoms. The van der Waals surface area contributed by atoms with Crippen molar-refractivity contribution in [2.24, 2.45) is 7.05 Å². The van der Waals surface area contributed by atoms with Gasteiger partial charge in [-0.2, -0.15) is 5.10 Å². The van der Waals surface area contributed by atoms with Gasteiger partial charge in [-0.25, -0.2) is 4.39 Å². The summed E-state index contributed by atoms with van der Waals surface area (Å²) in [6, 6.07) is 6.30. The molecule has 1 fully saturated rings. The van der Waals surface area contributed by atoms with Crippen LogP contribution in [-0.2, 0) is 12.6 Å². The Balaban J connectivity index is 1.79. The van der Waals surface area contributed by atoms with Crippen LogP contribution in [0.4, 0.5) is 4.39 Å². The second-order valence-corrected chi connectivity index (χ2v) is 4.95. The molecular weight excluding hydrogens is 245 g/mol. The summed E-state index contributed by atoms with van der Waals surface area (Å²) in [5.41, 5.74) is 1.16. The van der Waals surface area contributed by atoms with Crippen LogP contribution in [0.1, 0.15) is 28.8 Å². The van der Waals surface area contributed by atoms with Crippen molar-refractivity contribution in [3.63, 3.8) is 0 Å². The number of hydrogen-bond donors (Lipinski definition) is 1. The number of amides is 1. The van der Waals surface area contributed by atoms with E-state index < -0.39 is 0 Å². The number of nitrogens with zero attached hydrogens (tertiary/aromatic N) is 2. The van der Waals surface area contributed by atoms with E-state index in [2.05, 4.69) is 10.4 Å². The van der Waals surface area contributed by atoms with Gasteiger partial charge in [0.15, 0.2) is 0 Å². The number of nitrogens with one attached hydrogen (secondary N) is 1. The lowest BCUT2D eigenvalue weighted by Crippen LogP contribution is -2.34. The van der Waals surface area contributed by atoms with Crippen LogP contribution in [0, 0.1) is 5.82 Å². The molecule has 98 valence electrons. The molecule has 1 saturated carbocycles. The highest BCUT2D eigenvalue weighted by Gasteiger charge is 2.45. The molecule has 3 rings (SSSR count). The molecule has 1 aliphatic rings. The van der Waals surface area contributed by atoms with Gasteiger partial charge < -0.3 is 5.32 Å². The van der Waals surface area contributed by atoms with Crippen molar-refractivity contribution in [2.45, 2.75) is 18.4 Å².